The molecular formula is C17H10BrF6NO. The van der Waals surface area contributed by atoms with Crippen LogP contribution in [-0.4, -0.2) is 5.78 Å². The molecule has 9 heteroatoms. The van der Waals surface area contributed by atoms with E-state index in [0.717, 1.165) is 16.7 Å². The average molecular weight is 438 g/mol. The minimum Gasteiger partial charge on any atom is -0.362 e. The predicted octanol–water partition coefficient (Wildman–Crippen LogP) is 6.30. The fourth-order valence-electron chi connectivity index (χ4n) is 1.96. The van der Waals surface area contributed by atoms with Crippen molar-refractivity contribution in [3.8, 4) is 0 Å². The Morgan fingerprint density at radius 1 is 0.885 bits per heavy atom. The Morgan fingerprint density at radius 2 is 1.38 bits per heavy atom. The van der Waals surface area contributed by atoms with Gasteiger partial charge in [0, 0.05) is 28.0 Å². The fraction of sp³-hybridized carbons (Fsp3) is 0.118. The van der Waals surface area contributed by atoms with Gasteiger partial charge in [-0.1, -0.05) is 15.9 Å². The number of allylic oxidation sites excluding steroid dienone is 1. The summed E-state index contributed by atoms with van der Waals surface area (Å²) < 4.78 is 77.4. The maximum Gasteiger partial charge on any atom is 0.416 e. The summed E-state index contributed by atoms with van der Waals surface area (Å²) in [6, 6.07) is 7.37. The minimum absolute atomic E-state index is 0.0296. The number of rotatable bonds is 4. The summed E-state index contributed by atoms with van der Waals surface area (Å²) in [6.45, 7) is 0. The maximum atomic E-state index is 12.8. The number of halogens is 7. The highest BCUT2D eigenvalue weighted by molar-refractivity contribution is 9.10. The zero-order valence-corrected chi connectivity index (χ0v) is 14.3. The van der Waals surface area contributed by atoms with Gasteiger partial charge in [-0.2, -0.15) is 26.3 Å². The van der Waals surface area contributed by atoms with E-state index in [9.17, 15) is 31.1 Å². The Morgan fingerprint density at radius 3 is 1.85 bits per heavy atom. The van der Waals surface area contributed by atoms with Crippen molar-refractivity contribution >= 4 is 27.4 Å². The van der Waals surface area contributed by atoms with Crippen LogP contribution in [-0.2, 0) is 12.4 Å². The van der Waals surface area contributed by atoms with E-state index in [2.05, 4.69) is 21.2 Å². The van der Waals surface area contributed by atoms with Gasteiger partial charge < -0.3 is 5.32 Å². The van der Waals surface area contributed by atoms with Crippen molar-refractivity contribution in [2.24, 2.45) is 0 Å². The van der Waals surface area contributed by atoms with Crippen LogP contribution in [0.5, 0.6) is 0 Å². The van der Waals surface area contributed by atoms with E-state index >= 15 is 0 Å². The molecule has 2 aromatic rings. The van der Waals surface area contributed by atoms with Gasteiger partial charge in [0.25, 0.3) is 0 Å². The molecule has 0 unspecified atom stereocenters. The van der Waals surface area contributed by atoms with Crippen molar-refractivity contribution in [3.63, 3.8) is 0 Å². The average Bonchev–Trinajstić information content (AvgIpc) is 2.53. The topological polar surface area (TPSA) is 29.1 Å². The van der Waals surface area contributed by atoms with Gasteiger partial charge in [-0.3, -0.25) is 4.79 Å². The number of benzene rings is 2. The van der Waals surface area contributed by atoms with Crippen LogP contribution in [0.25, 0.3) is 0 Å². The number of carbonyl (C=O) groups excluding carboxylic acids is 1. The first-order valence-electron chi connectivity index (χ1n) is 6.99. The summed E-state index contributed by atoms with van der Waals surface area (Å²) >= 11 is 3.20. The standard InChI is InChI=1S/C17H10BrF6NO/c18-13-3-1-10(2-4-13)15(26)5-6-25-14-8-11(16(19,20)21)7-12(9-14)17(22,23)24/h1-9,25H. The first kappa shape index (κ1) is 20.0. The SMILES string of the molecule is O=C(C=CNc1cc(C(F)(F)F)cc(C(F)(F)F)c1)c1ccc(Br)cc1. The number of ketones is 1. The summed E-state index contributed by atoms with van der Waals surface area (Å²) in [4.78, 5) is 11.9. The second-order valence-electron chi connectivity index (χ2n) is 5.14. The van der Waals surface area contributed by atoms with Gasteiger partial charge in [-0.25, -0.2) is 0 Å². The molecule has 0 amide bonds. The Bertz CT molecular complexity index is 792. The second-order valence-corrected chi connectivity index (χ2v) is 6.06. The lowest BCUT2D eigenvalue weighted by Crippen LogP contribution is -2.11. The quantitative estimate of drug-likeness (QED) is 0.345. The van der Waals surface area contributed by atoms with E-state index in [-0.39, 0.29) is 6.07 Å². The van der Waals surface area contributed by atoms with E-state index in [4.69, 9.17) is 0 Å². The molecule has 0 fully saturated rings. The molecule has 2 rings (SSSR count). The zero-order valence-electron chi connectivity index (χ0n) is 12.8. The van der Waals surface area contributed by atoms with Crippen LogP contribution in [0.2, 0.25) is 0 Å². The number of carbonyl (C=O) groups is 1. The Balaban J connectivity index is 2.23. The molecule has 0 heterocycles. The van der Waals surface area contributed by atoms with Crippen LogP contribution >= 0.6 is 15.9 Å². The molecule has 0 spiro atoms. The zero-order chi connectivity index (χ0) is 19.5. The lowest BCUT2D eigenvalue weighted by molar-refractivity contribution is -0.143. The van der Waals surface area contributed by atoms with Gasteiger partial charge in [-0.05, 0) is 42.5 Å². The lowest BCUT2D eigenvalue weighted by atomic mass is 10.1. The summed E-state index contributed by atoms with van der Waals surface area (Å²) in [5.74, 6) is -0.465. The highest BCUT2D eigenvalue weighted by Crippen LogP contribution is 2.37. The van der Waals surface area contributed by atoms with E-state index in [1.807, 2.05) is 0 Å². The van der Waals surface area contributed by atoms with E-state index < -0.39 is 35.0 Å². The number of alkyl halides is 6. The first-order valence-corrected chi connectivity index (χ1v) is 7.78. The van der Waals surface area contributed by atoms with Crippen LogP contribution in [0.15, 0.2) is 59.2 Å². The van der Waals surface area contributed by atoms with E-state index in [0.29, 0.717) is 17.7 Å². The van der Waals surface area contributed by atoms with Gasteiger partial charge in [0.1, 0.15) is 0 Å². The molecule has 0 aliphatic heterocycles. The third kappa shape index (κ3) is 5.35. The Hall–Kier alpha value is -2.29. The molecule has 0 aliphatic carbocycles. The summed E-state index contributed by atoms with van der Waals surface area (Å²) in [7, 11) is 0. The smallest absolute Gasteiger partial charge is 0.362 e. The predicted molar refractivity (Wildman–Crippen MR) is 87.7 cm³/mol. The molecule has 1 N–H and O–H groups in total. The van der Waals surface area contributed by atoms with Crippen molar-refractivity contribution < 1.29 is 31.1 Å². The van der Waals surface area contributed by atoms with Crippen LogP contribution < -0.4 is 5.32 Å². The minimum atomic E-state index is -4.94. The van der Waals surface area contributed by atoms with E-state index in [1.165, 1.54) is 12.1 Å². The first-order chi connectivity index (χ1) is 12.0. The fourth-order valence-corrected chi connectivity index (χ4v) is 2.23. The molecule has 0 atom stereocenters. The second kappa shape index (κ2) is 7.53. The lowest BCUT2D eigenvalue weighted by Gasteiger charge is -2.14. The van der Waals surface area contributed by atoms with Gasteiger partial charge in [-0.15, -0.1) is 0 Å². The molecule has 0 saturated carbocycles. The molecule has 0 aliphatic rings. The molecule has 0 radical (unpaired) electrons. The maximum absolute atomic E-state index is 12.8. The molecule has 26 heavy (non-hydrogen) atoms. The monoisotopic (exact) mass is 437 g/mol. The Kier molecular flexibility index (Phi) is 5.80. The van der Waals surface area contributed by atoms with Crippen LogP contribution in [0.3, 0.4) is 0 Å². The molecule has 0 aromatic heterocycles. The number of nitrogens with one attached hydrogen (secondary N) is 1. The molecule has 2 nitrogen and oxygen atoms in total. The Labute approximate surface area is 152 Å². The highest BCUT2D eigenvalue weighted by atomic mass is 79.9. The normalized spacial score (nSPS) is 12.4. The van der Waals surface area contributed by atoms with Gasteiger partial charge in [0.05, 0.1) is 11.1 Å². The number of anilines is 1. The third-order valence-electron chi connectivity index (χ3n) is 3.20. The van der Waals surface area contributed by atoms with Crippen molar-refractivity contribution in [2.45, 2.75) is 12.4 Å². The summed E-state index contributed by atoms with van der Waals surface area (Å²) in [6.07, 6.45) is -7.87. The molecule has 0 saturated heterocycles. The van der Waals surface area contributed by atoms with Crippen LogP contribution in [0.4, 0.5) is 32.0 Å². The molecule has 0 bridgehead atoms. The van der Waals surface area contributed by atoms with Gasteiger partial charge in [0.15, 0.2) is 5.78 Å². The highest BCUT2D eigenvalue weighted by Gasteiger charge is 2.36. The third-order valence-corrected chi connectivity index (χ3v) is 3.73. The van der Waals surface area contributed by atoms with Gasteiger partial charge in [0.2, 0.25) is 0 Å². The largest absolute Gasteiger partial charge is 0.416 e. The van der Waals surface area contributed by atoms with Crippen molar-refractivity contribution in [2.75, 3.05) is 5.32 Å². The summed E-state index contributed by atoms with van der Waals surface area (Å²) in [5.41, 5.74) is -3.01. The molecule has 2 aromatic carbocycles. The number of hydrogen-bond donors (Lipinski definition) is 1. The molecule has 138 valence electrons. The van der Waals surface area contributed by atoms with Crippen molar-refractivity contribution in [1.29, 1.82) is 0 Å². The van der Waals surface area contributed by atoms with Crippen LogP contribution in [0.1, 0.15) is 21.5 Å². The number of hydrogen-bond acceptors (Lipinski definition) is 2. The van der Waals surface area contributed by atoms with E-state index in [1.54, 1.807) is 12.1 Å². The van der Waals surface area contributed by atoms with Crippen LogP contribution in [0, 0.1) is 0 Å². The van der Waals surface area contributed by atoms with Gasteiger partial charge >= 0.3 is 12.4 Å². The van der Waals surface area contributed by atoms with Crippen molar-refractivity contribution in [1.82, 2.24) is 0 Å². The van der Waals surface area contributed by atoms with Crippen molar-refractivity contribution in [3.05, 3.63) is 75.9 Å². The summed E-state index contributed by atoms with van der Waals surface area (Å²) in [5, 5.41) is 2.27. The molecular weight excluding hydrogens is 428 g/mol.